The van der Waals surface area contributed by atoms with Gasteiger partial charge in [0.25, 0.3) is 10.0 Å². The highest BCUT2D eigenvalue weighted by Crippen LogP contribution is 2.38. The fraction of sp³-hybridized carbons (Fsp3) is 0.455. The summed E-state index contributed by atoms with van der Waals surface area (Å²) in [6.45, 7) is 11.1. The molecule has 0 unspecified atom stereocenters. The molecule has 4 rings (SSSR count). The van der Waals surface area contributed by atoms with Crippen molar-refractivity contribution < 1.29 is 22.1 Å². The highest BCUT2D eigenvalue weighted by atomic mass is 32.2. The van der Waals surface area contributed by atoms with Crippen molar-refractivity contribution in [1.29, 1.82) is 0 Å². The number of hydrogen-bond acceptors (Lipinski definition) is 6. The number of aryl methyl sites for hydroxylation is 3. The molecule has 9 nitrogen and oxygen atoms in total. The van der Waals surface area contributed by atoms with Gasteiger partial charge in [-0.1, -0.05) is 0 Å². The number of anilines is 1. The van der Waals surface area contributed by atoms with Crippen LogP contribution >= 0.6 is 0 Å². The van der Waals surface area contributed by atoms with E-state index in [1.54, 1.807) is 25.7 Å². The Morgan fingerprint density at radius 3 is 2.21 bits per heavy atom. The average molecular weight is 489 g/mol. The highest BCUT2D eigenvalue weighted by Gasteiger charge is 2.52. The first-order valence-electron chi connectivity index (χ1n) is 10.8. The van der Waals surface area contributed by atoms with Crippen LogP contribution in [0.3, 0.4) is 0 Å². The SMILES string of the molecule is Cc1nn(C)c(C)c1-c1cc(NS(=O)(=O)c2cnn(C)c2)cc(B2OC(C)(C)C(C)(C)O2)c1F. The molecule has 1 saturated heterocycles. The van der Waals surface area contributed by atoms with Gasteiger partial charge in [-0.2, -0.15) is 10.2 Å². The Bertz CT molecular complexity index is 1360. The van der Waals surface area contributed by atoms with Crippen molar-refractivity contribution in [2.45, 2.75) is 57.6 Å². The van der Waals surface area contributed by atoms with Gasteiger partial charge in [-0.15, -0.1) is 0 Å². The molecule has 1 aromatic carbocycles. The summed E-state index contributed by atoms with van der Waals surface area (Å²) in [6.07, 6.45) is 2.63. The molecule has 2 aromatic heterocycles. The number of sulfonamides is 1. The molecule has 1 aliphatic rings. The molecule has 0 spiro atoms. The fourth-order valence-corrected chi connectivity index (χ4v) is 4.97. The van der Waals surface area contributed by atoms with Gasteiger partial charge in [-0.3, -0.25) is 14.1 Å². The molecule has 0 saturated carbocycles. The lowest BCUT2D eigenvalue weighted by molar-refractivity contribution is 0.00578. The van der Waals surface area contributed by atoms with E-state index in [0.717, 1.165) is 5.69 Å². The molecule has 0 amide bonds. The van der Waals surface area contributed by atoms with E-state index >= 15 is 4.39 Å². The van der Waals surface area contributed by atoms with Gasteiger partial charge in [0.15, 0.2) is 0 Å². The third kappa shape index (κ3) is 4.03. The number of rotatable bonds is 5. The van der Waals surface area contributed by atoms with Gasteiger partial charge in [0.2, 0.25) is 0 Å². The summed E-state index contributed by atoms with van der Waals surface area (Å²) in [5.74, 6) is -0.554. The maximum absolute atomic E-state index is 16.0. The molecule has 1 N–H and O–H groups in total. The van der Waals surface area contributed by atoms with Crippen molar-refractivity contribution in [3.63, 3.8) is 0 Å². The van der Waals surface area contributed by atoms with Crippen LogP contribution in [0.1, 0.15) is 39.1 Å². The van der Waals surface area contributed by atoms with Gasteiger partial charge in [0, 0.05) is 48.3 Å². The summed E-state index contributed by atoms with van der Waals surface area (Å²) in [4.78, 5) is -0.00760. The van der Waals surface area contributed by atoms with Gasteiger partial charge in [-0.25, -0.2) is 12.8 Å². The third-order valence-corrected chi connectivity index (χ3v) is 7.97. The minimum Gasteiger partial charge on any atom is -0.399 e. The van der Waals surface area contributed by atoms with Crippen LogP contribution in [0.25, 0.3) is 11.1 Å². The summed E-state index contributed by atoms with van der Waals surface area (Å²) in [6, 6.07) is 2.88. The van der Waals surface area contributed by atoms with Gasteiger partial charge in [0.1, 0.15) is 10.7 Å². The van der Waals surface area contributed by atoms with Gasteiger partial charge in [-0.05, 0) is 53.7 Å². The Kier molecular flexibility index (Phi) is 5.69. The number of benzene rings is 1. The zero-order chi connectivity index (χ0) is 25.2. The van der Waals surface area contributed by atoms with Crippen LogP contribution in [-0.2, 0) is 33.4 Å². The molecular weight excluding hydrogens is 460 g/mol. The highest BCUT2D eigenvalue weighted by molar-refractivity contribution is 7.92. The van der Waals surface area contributed by atoms with E-state index in [4.69, 9.17) is 9.31 Å². The zero-order valence-electron chi connectivity index (χ0n) is 20.6. The molecule has 0 bridgehead atoms. The molecule has 1 aliphatic heterocycles. The molecular formula is C22H29BFN5O4S. The second-order valence-corrected chi connectivity index (χ2v) is 11.3. The van der Waals surface area contributed by atoms with Crippen LogP contribution in [0.2, 0.25) is 0 Å². The molecule has 12 heteroatoms. The van der Waals surface area contributed by atoms with Crippen molar-refractivity contribution in [2.24, 2.45) is 14.1 Å². The van der Waals surface area contributed by atoms with Gasteiger partial charge in [0.05, 0.1) is 23.1 Å². The molecule has 34 heavy (non-hydrogen) atoms. The summed E-state index contributed by atoms with van der Waals surface area (Å²) < 4.78 is 59.8. The summed E-state index contributed by atoms with van der Waals surface area (Å²) in [5, 5.41) is 8.32. The number of aromatic nitrogens is 4. The summed E-state index contributed by atoms with van der Waals surface area (Å²) >= 11 is 0. The lowest BCUT2D eigenvalue weighted by atomic mass is 9.76. The van der Waals surface area contributed by atoms with Crippen LogP contribution in [0, 0.1) is 19.7 Å². The summed E-state index contributed by atoms with van der Waals surface area (Å²) in [7, 11) is -1.59. The fourth-order valence-electron chi connectivity index (χ4n) is 3.94. The first kappa shape index (κ1) is 24.4. The van der Waals surface area contributed by atoms with E-state index in [2.05, 4.69) is 14.9 Å². The molecule has 182 valence electrons. The minimum atomic E-state index is -3.96. The molecule has 3 aromatic rings. The molecule has 0 radical (unpaired) electrons. The van der Waals surface area contributed by atoms with Crippen LogP contribution in [0.5, 0.6) is 0 Å². The van der Waals surface area contributed by atoms with Crippen molar-refractivity contribution in [1.82, 2.24) is 19.6 Å². The van der Waals surface area contributed by atoms with E-state index in [9.17, 15) is 8.42 Å². The third-order valence-electron chi connectivity index (χ3n) is 6.63. The normalized spacial score (nSPS) is 17.4. The molecule has 3 heterocycles. The number of hydrogen-bond donors (Lipinski definition) is 1. The minimum absolute atomic E-state index is 0.00760. The first-order chi connectivity index (χ1) is 15.6. The monoisotopic (exact) mass is 489 g/mol. The predicted molar refractivity (Wildman–Crippen MR) is 128 cm³/mol. The van der Waals surface area contributed by atoms with E-state index in [1.807, 2.05) is 34.6 Å². The van der Waals surface area contributed by atoms with Gasteiger partial charge >= 0.3 is 7.12 Å². The Balaban J connectivity index is 1.88. The van der Waals surface area contributed by atoms with Gasteiger partial charge < -0.3 is 9.31 Å². The smallest absolute Gasteiger partial charge is 0.399 e. The molecule has 1 fully saturated rings. The van der Waals surface area contributed by atoms with E-state index in [0.29, 0.717) is 11.3 Å². The summed E-state index contributed by atoms with van der Waals surface area (Å²) in [5.41, 5.74) is 1.02. The Morgan fingerprint density at radius 1 is 1.09 bits per heavy atom. The second-order valence-electron chi connectivity index (χ2n) is 9.64. The Hall–Kier alpha value is -2.70. The Morgan fingerprint density at radius 2 is 1.71 bits per heavy atom. The van der Waals surface area contributed by atoms with E-state index < -0.39 is 34.2 Å². The van der Waals surface area contributed by atoms with E-state index in [-0.39, 0.29) is 21.6 Å². The van der Waals surface area contributed by atoms with Crippen molar-refractivity contribution >= 4 is 28.3 Å². The van der Waals surface area contributed by atoms with Crippen LogP contribution in [-0.4, -0.2) is 46.3 Å². The lowest BCUT2D eigenvalue weighted by Crippen LogP contribution is -2.41. The zero-order valence-corrected chi connectivity index (χ0v) is 21.4. The van der Waals surface area contributed by atoms with Crippen molar-refractivity contribution in [3.8, 4) is 11.1 Å². The number of nitrogens with one attached hydrogen (secondary N) is 1. The predicted octanol–water partition coefficient (Wildman–Crippen LogP) is 2.68. The molecule has 0 aliphatic carbocycles. The Labute approximate surface area is 199 Å². The van der Waals surface area contributed by atoms with Crippen LogP contribution in [0.15, 0.2) is 29.4 Å². The first-order valence-corrected chi connectivity index (χ1v) is 12.3. The van der Waals surface area contributed by atoms with Crippen molar-refractivity contribution in [3.05, 3.63) is 41.7 Å². The van der Waals surface area contributed by atoms with Crippen LogP contribution < -0.4 is 10.2 Å². The van der Waals surface area contributed by atoms with E-state index in [1.165, 1.54) is 29.2 Å². The number of halogens is 1. The quantitative estimate of drug-likeness (QED) is 0.554. The van der Waals surface area contributed by atoms with Crippen molar-refractivity contribution in [2.75, 3.05) is 4.72 Å². The lowest BCUT2D eigenvalue weighted by Gasteiger charge is -2.32. The largest absolute Gasteiger partial charge is 0.497 e. The second kappa shape index (κ2) is 7.93. The maximum Gasteiger partial charge on any atom is 0.497 e. The molecule has 0 atom stereocenters. The maximum atomic E-state index is 16.0. The average Bonchev–Trinajstić information content (AvgIpc) is 3.32. The standard InChI is InChI=1S/C22H29BFN5O4S/c1-13-19(14(2)29(8)26-13)17-9-15(27-34(30,31)16-11-25-28(7)12-16)10-18(20(17)24)23-32-21(3,4)22(5,6)33-23/h9-12,27H,1-8H3. The number of nitrogens with zero attached hydrogens (tertiary/aromatic N) is 4. The van der Waals surface area contributed by atoms with Crippen LogP contribution in [0.4, 0.5) is 10.1 Å². The topological polar surface area (TPSA) is 100 Å².